The number of benzene rings is 2. The average molecular weight is 380 g/mol. The van der Waals surface area contributed by atoms with E-state index in [4.69, 9.17) is 4.74 Å². The molecule has 27 heavy (non-hydrogen) atoms. The van der Waals surface area contributed by atoms with Crippen LogP contribution in [-0.2, 0) is 15.8 Å². The highest BCUT2D eigenvalue weighted by Crippen LogP contribution is 2.36. The summed E-state index contributed by atoms with van der Waals surface area (Å²) in [6, 6.07) is 8.58. The first-order valence-electron chi connectivity index (χ1n) is 8.05. The Morgan fingerprint density at radius 1 is 1.04 bits per heavy atom. The minimum absolute atomic E-state index is 0.0144. The van der Waals surface area contributed by atoms with Crippen molar-refractivity contribution >= 4 is 23.2 Å². The maximum atomic E-state index is 13.3. The number of carbonyl (C=O) groups is 2. The minimum Gasteiger partial charge on any atom is -0.483 e. The Bertz CT molecular complexity index is 864. The van der Waals surface area contributed by atoms with Gasteiger partial charge in [-0.05, 0) is 49.2 Å². The molecule has 2 amide bonds. The summed E-state index contributed by atoms with van der Waals surface area (Å²) < 4.78 is 45.2. The van der Waals surface area contributed by atoms with Gasteiger partial charge in [0.25, 0.3) is 5.91 Å². The number of amides is 2. The van der Waals surface area contributed by atoms with Gasteiger partial charge < -0.3 is 15.4 Å². The molecule has 144 valence electrons. The summed E-state index contributed by atoms with van der Waals surface area (Å²) in [5, 5.41) is 4.48. The molecule has 0 aliphatic rings. The van der Waals surface area contributed by atoms with E-state index in [0.717, 1.165) is 23.3 Å². The summed E-state index contributed by atoms with van der Waals surface area (Å²) in [6.45, 7) is 4.41. The molecule has 5 nitrogen and oxygen atoms in total. The van der Waals surface area contributed by atoms with E-state index in [1.165, 1.54) is 13.0 Å². The van der Waals surface area contributed by atoms with Crippen LogP contribution in [0.1, 0.15) is 23.6 Å². The third kappa shape index (κ3) is 5.73. The summed E-state index contributed by atoms with van der Waals surface area (Å²) in [4.78, 5) is 23.1. The van der Waals surface area contributed by atoms with Gasteiger partial charge in [-0.15, -0.1) is 0 Å². The summed E-state index contributed by atoms with van der Waals surface area (Å²) in [7, 11) is 0. The van der Waals surface area contributed by atoms with Crippen LogP contribution in [0.25, 0.3) is 0 Å². The molecule has 0 spiro atoms. The van der Waals surface area contributed by atoms with Gasteiger partial charge in [0.15, 0.2) is 6.61 Å². The number of halogens is 3. The van der Waals surface area contributed by atoms with Crippen molar-refractivity contribution in [1.29, 1.82) is 0 Å². The van der Waals surface area contributed by atoms with Gasteiger partial charge >= 0.3 is 6.18 Å². The van der Waals surface area contributed by atoms with Gasteiger partial charge in [-0.1, -0.05) is 12.1 Å². The Hall–Kier alpha value is -3.03. The van der Waals surface area contributed by atoms with Crippen molar-refractivity contribution in [3.63, 3.8) is 0 Å². The van der Waals surface area contributed by atoms with E-state index >= 15 is 0 Å². The molecule has 0 saturated carbocycles. The van der Waals surface area contributed by atoms with Crippen LogP contribution < -0.4 is 15.4 Å². The molecule has 0 aliphatic carbocycles. The SMILES string of the molecule is CC(=O)Nc1ccc(NC(=O)COc2cc(C)ccc2C)c(C(F)(F)F)c1. The van der Waals surface area contributed by atoms with Crippen molar-refractivity contribution in [2.24, 2.45) is 0 Å². The molecule has 0 heterocycles. The van der Waals surface area contributed by atoms with Crippen LogP contribution >= 0.6 is 0 Å². The normalized spacial score (nSPS) is 11.0. The maximum absolute atomic E-state index is 13.3. The second-order valence-electron chi connectivity index (χ2n) is 6.05. The standard InChI is InChI=1S/C19H19F3N2O3/c1-11-4-5-12(2)17(8-11)27-10-18(26)24-16-7-6-14(23-13(3)25)9-15(16)19(20,21)22/h4-9H,10H2,1-3H3,(H,23,25)(H,24,26). The Morgan fingerprint density at radius 3 is 2.37 bits per heavy atom. The number of nitrogens with one attached hydrogen (secondary N) is 2. The number of ether oxygens (including phenoxy) is 1. The fourth-order valence-electron chi connectivity index (χ4n) is 2.36. The van der Waals surface area contributed by atoms with Crippen molar-refractivity contribution < 1.29 is 27.5 Å². The largest absolute Gasteiger partial charge is 0.483 e. The number of carbonyl (C=O) groups excluding carboxylic acids is 2. The topological polar surface area (TPSA) is 67.4 Å². The predicted molar refractivity (Wildman–Crippen MR) is 95.8 cm³/mol. The molecule has 2 rings (SSSR count). The lowest BCUT2D eigenvalue weighted by Gasteiger charge is -2.16. The second-order valence-corrected chi connectivity index (χ2v) is 6.05. The van der Waals surface area contributed by atoms with Gasteiger partial charge in [-0.3, -0.25) is 9.59 Å². The maximum Gasteiger partial charge on any atom is 0.418 e. The first-order chi connectivity index (χ1) is 12.6. The van der Waals surface area contributed by atoms with Gasteiger partial charge in [0.1, 0.15) is 5.75 Å². The van der Waals surface area contributed by atoms with Crippen molar-refractivity contribution in [3.8, 4) is 5.75 Å². The zero-order valence-electron chi connectivity index (χ0n) is 15.0. The fraction of sp³-hybridized carbons (Fsp3) is 0.263. The molecule has 0 fully saturated rings. The lowest BCUT2D eigenvalue weighted by atomic mass is 10.1. The zero-order chi connectivity index (χ0) is 20.2. The number of anilines is 2. The number of hydrogen-bond donors (Lipinski definition) is 2. The van der Waals surface area contributed by atoms with Crippen molar-refractivity contribution in [2.45, 2.75) is 26.9 Å². The quantitative estimate of drug-likeness (QED) is 0.813. The van der Waals surface area contributed by atoms with Crippen LogP contribution in [0.15, 0.2) is 36.4 Å². The monoisotopic (exact) mass is 380 g/mol. The van der Waals surface area contributed by atoms with Crippen LogP contribution in [0.4, 0.5) is 24.5 Å². The highest BCUT2D eigenvalue weighted by molar-refractivity contribution is 5.94. The van der Waals surface area contributed by atoms with E-state index in [-0.39, 0.29) is 5.69 Å². The molecular weight excluding hydrogens is 361 g/mol. The Labute approximate surface area is 154 Å². The first kappa shape index (κ1) is 20.3. The highest BCUT2D eigenvalue weighted by atomic mass is 19.4. The third-order valence-corrected chi connectivity index (χ3v) is 3.62. The van der Waals surface area contributed by atoms with Gasteiger partial charge in [-0.2, -0.15) is 13.2 Å². The average Bonchev–Trinajstić information content (AvgIpc) is 2.55. The van der Waals surface area contributed by atoms with Crippen molar-refractivity contribution in [1.82, 2.24) is 0 Å². The molecule has 0 saturated heterocycles. The molecule has 0 radical (unpaired) electrons. The molecule has 2 N–H and O–H groups in total. The number of alkyl halides is 3. The van der Waals surface area contributed by atoms with E-state index in [1.807, 2.05) is 19.1 Å². The van der Waals surface area contributed by atoms with Crippen LogP contribution in [0.5, 0.6) is 5.75 Å². The lowest BCUT2D eigenvalue weighted by molar-refractivity contribution is -0.137. The van der Waals surface area contributed by atoms with Crippen LogP contribution in [0.2, 0.25) is 0 Å². The number of aryl methyl sites for hydroxylation is 2. The molecule has 0 unspecified atom stereocenters. The highest BCUT2D eigenvalue weighted by Gasteiger charge is 2.34. The van der Waals surface area contributed by atoms with E-state index < -0.39 is 35.8 Å². The molecule has 0 bridgehead atoms. The van der Waals surface area contributed by atoms with E-state index in [2.05, 4.69) is 10.6 Å². The lowest BCUT2D eigenvalue weighted by Crippen LogP contribution is -2.22. The summed E-state index contributed by atoms with van der Waals surface area (Å²) >= 11 is 0. The summed E-state index contributed by atoms with van der Waals surface area (Å²) in [5.41, 5.74) is 0.257. The second kappa shape index (κ2) is 8.11. The van der Waals surface area contributed by atoms with Gasteiger partial charge in [0.05, 0.1) is 11.3 Å². The van der Waals surface area contributed by atoms with Gasteiger partial charge in [0, 0.05) is 12.6 Å². The van der Waals surface area contributed by atoms with Crippen molar-refractivity contribution in [3.05, 3.63) is 53.1 Å². The summed E-state index contributed by atoms with van der Waals surface area (Å²) in [6.07, 6.45) is -4.70. The Balaban J connectivity index is 2.14. The van der Waals surface area contributed by atoms with Crippen molar-refractivity contribution in [2.75, 3.05) is 17.2 Å². The molecule has 0 aliphatic heterocycles. The Kier molecular flexibility index (Phi) is 6.09. The minimum atomic E-state index is -4.70. The molecule has 0 aromatic heterocycles. The van der Waals surface area contributed by atoms with Gasteiger partial charge in [-0.25, -0.2) is 0 Å². The van der Waals surface area contributed by atoms with E-state index in [9.17, 15) is 22.8 Å². The fourth-order valence-corrected chi connectivity index (χ4v) is 2.36. The zero-order valence-corrected chi connectivity index (χ0v) is 15.0. The van der Waals surface area contributed by atoms with E-state index in [1.54, 1.807) is 13.0 Å². The molecule has 0 atom stereocenters. The number of rotatable bonds is 5. The molecule has 2 aromatic rings. The van der Waals surface area contributed by atoms with Crippen LogP contribution in [0.3, 0.4) is 0 Å². The van der Waals surface area contributed by atoms with E-state index in [0.29, 0.717) is 5.75 Å². The van der Waals surface area contributed by atoms with Gasteiger partial charge in [0.2, 0.25) is 5.91 Å². The van der Waals surface area contributed by atoms with Crippen LogP contribution in [-0.4, -0.2) is 18.4 Å². The third-order valence-electron chi connectivity index (χ3n) is 3.62. The smallest absolute Gasteiger partial charge is 0.418 e. The number of hydrogen-bond acceptors (Lipinski definition) is 3. The predicted octanol–water partition coefficient (Wildman–Crippen LogP) is 4.30. The first-order valence-corrected chi connectivity index (χ1v) is 8.05. The molecule has 2 aromatic carbocycles. The molecular formula is C19H19F3N2O3. The van der Waals surface area contributed by atoms with Crippen LogP contribution in [0, 0.1) is 13.8 Å². The Morgan fingerprint density at radius 2 is 1.74 bits per heavy atom. The molecule has 8 heteroatoms. The summed E-state index contributed by atoms with van der Waals surface area (Å²) in [5.74, 6) is -0.738.